The van der Waals surface area contributed by atoms with Crippen LogP contribution in [-0.2, 0) is 11.2 Å². The van der Waals surface area contributed by atoms with E-state index >= 15 is 0 Å². The lowest BCUT2D eigenvalue weighted by Crippen LogP contribution is -2.39. The number of hydrogen-bond acceptors (Lipinski definition) is 4. The SMILES string of the molecule is COc1ccc(CCN(CC(C)(C)C)C(=O)c2cccc(OCC(=O)O)c2)cc1. The lowest BCUT2D eigenvalue weighted by molar-refractivity contribution is -0.139. The quantitative estimate of drug-likeness (QED) is 0.692. The molecule has 156 valence electrons. The van der Waals surface area contributed by atoms with Crippen molar-refractivity contribution in [2.24, 2.45) is 5.41 Å². The topological polar surface area (TPSA) is 76.1 Å². The number of benzene rings is 2. The van der Waals surface area contributed by atoms with Gasteiger partial charge in [0, 0.05) is 18.7 Å². The summed E-state index contributed by atoms with van der Waals surface area (Å²) in [5, 5.41) is 8.77. The first kappa shape index (κ1) is 22.3. The largest absolute Gasteiger partial charge is 0.497 e. The Morgan fingerprint density at radius 2 is 1.72 bits per heavy atom. The number of carbonyl (C=O) groups excluding carboxylic acids is 1. The highest BCUT2D eigenvalue weighted by atomic mass is 16.5. The molecule has 0 heterocycles. The Balaban J connectivity index is 2.14. The number of hydrogen-bond donors (Lipinski definition) is 1. The number of carboxylic acid groups (broad SMARTS) is 1. The van der Waals surface area contributed by atoms with Crippen LogP contribution in [0.4, 0.5) is 0 Å². The molecular weight excluding hydrogens is 370 g/mol. The van der Waals surface area contributed by atoms with Gasteiger partial charge in [-0.1, -0.05) is 39.0 Å². The fourth-order valence-corrected chi connectivity index (χ4v) is 2.93. The summed E-state index contributed by atoms with van der Waals surface area (Å²) in [4.78, 5) is 25.7. The van der Waals surface area contributed by atoms with Gasteiger partial charge in [0.05, 0.1) is 7.11 Å². The number of methoxy groups -OCH3 is 1. The molecule has 0 atom stereocenters. The van der Waals surface area contributed by atoms with E-state index in [4.69, 9.17) is 14.6 Å². The Labute approximate surface area is 172 Å². The van der Waals surface area contributed by atoms with Crippen LogP contribution in [0.15, 0.2) is 48.5 Å². The molecule has 0 radical (unpaired) electrons. The third-order valence-electron chi connectivity index (χ3n) is 4.23. The third kappa shape index (κ3) is 7.49. The van der Waals surface area contributed by atoms with Crippen molar-refractivity contribution in [2.45, 2.75) is 27.2 Å². The smallest absolute Gasteiger partial charge is 0.341 e. The number of amides is 1. The fourth-order valence-electron chi connectivity index (χ4n) is 2.93. The van der Waals surface area contributed by atoms with Crippen LogP contribution in [0.2, 0.25) is 0 Å². The summed E-state index contributed by atoms with van der Waals surface area (Å²) < 4.78 is 10.4. The van der Waals surface area contributed by atoms with Crippen LogP contribution in [0.1, 0.15) is 36.7 Å². The Hall–Kier alpha value is -3.02. The monoisotopic (exact) mass is 399 g/mol. The van der Waals surface area contributed by atoms with Gasteiger partial charge in [0.1, 0.15) is 11.5 Å². The van der Waals surface area contributed by atoms with E-state index in [1.54, 1.807) is 31.4 Å². The van der Waals surface area contributed by atoms with Gasteiger partial charge in [0.2, 0.25) is 0 Å². The van der Waals surface area contributed by atoms with Crippen LogP contribution in [0.25, 0.3) is 0 Å². The van der Waals surface area contributed by atoms with E-state index in [0.717, 1.165) is 17.7 Å². The van der Waals surface area contributed by atoms with Crippen molar-refractivity contribution in [2.75, 3.05) is 26.8 Å². The second-order valence-electron chi connectivity index (χ2n) is 8.10. The first-order valence-corrected chi connectivity index (χ1v) is 9.55. The summed E-state index contributed by atoms with van der Waals surface area (Å²) in [7, 11) is 1.63. The van der Waals surface area contributed by atoms with E-state index in [2.05, 4.69) is 20.8 Å². The second-order valence-corrected chi connectivity index (χ2v) is 8.10. The standard InChI is InChI=1S/C23H29NO5/c1-23(2,3)16-24(13-12-17-8-10-19(28-4)11-9-17)22(27)18-6-5-7-20(14-18)29-15-21(25)26/h5-11,14H,12-13,15-16H2,1-4H3,(H,25,26). The lowest BCUT2D eigenvalue weighted by Gasteiger charge is -2.30. The van der Waals surface area contributed by atoms with Crippen molar-refractivity contribution >= 4 is 11.9 Å². The second kappa shape index (κ2) is 9.96. The molecule has 0 aliphatic rings. The van der Waals surface area contributed by atoms with Crippen molar-refractivity contribution < 1.29 is 24.2 Å². The molecule has 0 bridgehead atoms. The van der Waals surface area contributed by atoms with Gasteiger partial charge in [-0.2, -0.15) is 0 Å². The maximum absolute atomic E-state index is 13.2. The average Bonchev–Trinajstić information content (AvgIpc) is 2.68. The number of rotatable bonds is 9. The molecule has 0 saturated heterocycles. The molecule has 0 spiro atoms. The van der Waals surface area contributed by atoms with Crippen LogP contribution >= 0.6 is 0 Å². The van der Waals surface area contributed by atoms with E-state index < -0.39 is 12.6 Å². The minimum absolute atomic E-state index is 0.0625. The minimum Gasteiger partial charge on any atom is -0.497 e. The van der Waals surface area contributed by atoms with E-state index in [-0.39, 0.29) is 11.3 Å². The van der Waals surface area contributed by atoms with Gasteiger partial charge in [-0.25, -0.2) is 4.79 Å². The highest BCUT2D eigenvalue weighted by Crippen LogP contribution is 2.20. The minimum atomic E-state index is -1.06. The van der Waals surface area contributed by atoms with E-state index in [1.165, 1.54) is 0 Å². The molecule has 29 heavy (non-hydrogen) atoms. The summed E-state index contributed by atoms with van der Waals surface area (Å²) in [5.41, 5.74) is 1.54. The molecule has 1 N–H and O–H groups in total. The van der Waals surface area contributed by atoms with Crippen molar-refractivity contribution in [3.8, 4) is 11.5 Å². The maximum atomic E-state index is 13.2. The Morgan fingerprint density at radius 1 is 1.03 bits per heavy atom. The highest BCUT2D eigenvalue weighted by Gasteiger charge is 2.22. The Bertz CT molecular complexity index is 824. The molecule has 0 saturated carbocycles. The van der Waals surface area contributed by atoms with Crippen molar-refractivity contribution in [3.05, 3.63) is 59.7 Å². The molecule has 0 fully saturated rings. The summed E-state index contributed by atoms with van der Waals surface area (Å²) in [6, 6.07) is 14.5. The lowest BCUT2D eigenvalue weighted by atomic mass is 9.95. The summed E-state index contributed by atoms with van der Waals surface area (Å²) >= 11 is 0. The summed E-state index contributed by atoms with van der Waals surface area (Å²) in [5.74, 6) is 0.00320. The van der Waals surface area contributed by atoms with Crippen LogP contribution in [-0.4, -0.2) is 48.7 Å². The van der Waals surface area contributed by atoms with Gasteiger partial charge in [0.15, 0.2) is 6.61 Å². The molecule has 0 aliphatic heterocycles. The molecule has 6 nitrogen and oxygen atoms in total. The van der Waals surface area contributed by atoms with Crippen molar-refractivity contribution in [1.29, 1.82) is 0 Å². The molecule has 2 aromatic carbocycles. The van der Waals surface area contributed by atoms with Crippen LogP contribution in [0.5, 0.6) is 11.5 Å². The third-order valence-corrected chi connectivity index (χ3v) is 4.23. The first-order chi connectivity index (χ1) is 13.7. The van der Waals surface area contributed by atoms with Crippen molar-refractivity contribution in [3.63, 3.8) is 0 Å². The van der Waals surface area contributed by atoms with Gasteiger partial charge in [-0.15, -0.1) is 0 Å². The molecule has 0 aliphatic carbocycles. The summed E-state index contributed by atoms with van der Waals surface area (Å²) in [6.07, 6.45) is 0.723. The number of aliphatic carboxylic acids is 1. The van der Waals surface area contributed by atoms with Gasteiger partial charge >= 0.3 is 5.97 Å². The maximum Gasteiger partial charge on any atom is 0.341 e. The zero-order valence-electron chi connectivity index (χ0n) is 17.5. The van der Waals surface area contributed by atoms with Gasteiger partial charge < -0.3 is 19.5 Å². The molecule has 1 amide bonds. The number of carbonyl (C=O) groups is 2. The molecule has 0 unspecified atom stereocenters. The average molecular weight is 399 g/mol. The van der Waals surface area contributed by atoms with Gasteiger partial charge in [0.25, 0.3) is 5.91 Å². The Kier molecular flexibility index (Phi) is 7.65. The highest BCUT2D eigenvalue weighted by molar-refractivity contribution is 5.94. The van der Waals surface area contributed by atoms with E-state index in [0.29, 0.717) is 24.4 Å². The van der Waals surface area contributed by atoms with Gasteiger partial charge in [-0.05, 0) is 47.7 Å². The number of ether oxygens (including phenoxy) is 2. The predicted octanol–water partition coefficient (Wildman–Crippen LogP) is 3.89. The first-order valence-electron chi connectivity index (χ1n) is 9.55. The molecule has 2 rings (SSSR count). The Morgan fingerprint density at radius 3 is 2.31 bits per heavy atom. The molecular formula is C23H29NO5. The summed E-state index contributed by atoms with van der Waals surface area (Å²) in [6.45, 7) is 7.00. The fraction of sp³-hybridized carbons (Fsp3) is 0.391. The molecule has 2 aromatic rings. The van der Waals surface area contributed by atoms with Gasteiger partial charge in [-0.3, -0.25) is 4.79 Å². The van der Waals surface area contributed by atoms with Crippen LogP contribution in [0.3, 0.4) is 0 Å². The van der Waals surface area contributed by atoms with E-state index in [1.807, 2.05) is 29.2 Å². The number of nitrogens with zero attached hydrogens (tertiary/aromatic N) is 1. The molecule has 6 heteroatoms. The zero-order valence-corrected chi connectivity index (χ0v) is 17.5. The van der Waals surface area contributed by atoms with Crippen LogP contribution < -0.4 is 9.47 Å². The zero-order chi connectivity index (χ0) is 21.4. The van der Waals surface area contributed by atoms with Crippen LogP contribution in [0, 0.1) is 5.41 Å². The van der Waals surface area contributed by atoms with E-state index in [9.17, 15) is 9.59 Å². The van der Waals surface area contributed by atoms with Crippen molar-refractivity contribution in [1.82, 2.24) is 4.90 Å². The predicted molar refractivity (Wildman–Crippen MR) is 112 cm³/mol. The number of carboxylic acids is 1. The molecule has 0 aromatic heterocycles. The normalized spacial score (nSPS) is 11.0.